The monoisotopic (exact) mass is 347 g/mol. The third-order valence-electron chi connectivity index (χ3n) is 3.38. The van der Waals surface area contributed by atoms with E-state index in [4.69, 9.17) is 19.0 Å². The van der Waals surface area contributed by atoms with Gasteiger partial charge in [0.05, 0.1) is 18.9 Å². The lowest BCUT2D eigenvalue weighted by Gasteiger charge is -2.15. The van der Waals surface area contributed by atoms with Crippen molar-refractivity contribution in [1.82, 2.24) is 0 Å². The molecular formula is C18H21NO6. The molecule has 0 aliphatic heterocycles. The van der Waals surface area contributed by atoms with Gasteiger partial charge in [-0.2, -0.15) is 0 Å². The number of carboxylic acids is 1. The van der Waals surface area contributed by atoms with Crippen LogP contribution < -0.4 is 14.8 Å². The number of carboxylic acid groups (broad SMARTS) is 1. The molecule has 2 N–H and O–H groups in total. The van der Waals surface area contributed by atoms with Crippen LogP contribution in [-0.2, 0) is 6.42 Å². The second kappa shape index (κ2) is 7.74. The summed E-state index contributed by atoms with van der Waals surface area (Å²) in [6, 6.07) is 6.26. The fourth-order valence-electron chi connectivity index (χ4n) is 2.26. The fourth-order valence-corrected chi connectivity index (χ4v) is 2.26. The zero-order chi connectivity index (χ0) is 18.6. The number of amides is 1. The van der Waals surface area contributed by atoms with Crippen molar-refractivity contribution in [2.24, 2.45) is 0 Å². The fraction of sp³-hybridized carbons (Fsp3) is 0.333. The van der Waals surface area contributed by atoms with Crippen molar-refractivity contribution in [2.45, 2.75) is 33.3 Å². The number of nitrogens with one attached hydrogen (secondary N) is 1. The lowest BCUT2D eigenvalue weighted by molar-refractivity contribution is 0.0694. The minimum Gasteiger partial charge on any atom is -0.497 e. The number of methoxy groups -OCH3 is 1. The van der Waals surface area contributed by atoms with Gasteiger partial charge in [0.15, 0.2) is 5.76 Å². The first-order valence-electron chi connectivity index (χ1n) is 7.87. The summed E-state index contributed by atoms with van der Waals surface area (Å²) in [5.74, 6) is -0.500. The van der Waals surface area contributed by atoms with Crippen molar-refractivity contribution < 1.29 is 28.6 Å². The molecule has 1 amide bonds. The summed E-state index contributed by atoms with van der Waals surface area (Å²) in [4.78, 5) is 23.7. The van der Waals surface area contributed by atoms with E-state index in [2.05, 4.69) is 5.32 Å². The summed E-state index contributed by atoms with van der Waals surface area (Å²) in [5, 5.41) is 11.8. The Labute approximate surface area is 145 Å². The number of carbonyl (C=O) groups excluding carboxylic acids is 1. The van der Waals surface area contributed by atoms with Crippen LogP contribution in [0.4, 0.5) is 5.69 Å². The van der Waals surface area contributed by atoms with Crippen LogP contribution in [0.2, 0.25) is 0 Å². The molecule has 25 heavy (non-hydrogen) atoms. The lowest BCUT2D eigenvalue weighted by atomic mass is 10.2. The van der Waals surface area contributed by atoms with Gasteiger partial charge in [-0.15, -0.1) is 0 Å². The van der Waals surface area contributed by atoms with E-state index < -0.39 is 11.9 Å². The predicted molar refractivity (Wildman–Crippen MR) is 91.8 cm³/mol. The van der Waals surface area contributed by atoms with E-state index in [-0.39, 0.29) is 23.2 Å². The highest BCUT2D eigenvalue weighted by molar-refractivity contribution is 6.04. The minimum absolute atomic E-state index is 0.0167. The number of carbonyl (C=O) groups is 2. The maximum absolute atomic E-state index is 12.5. The number of hydrogen-bond acceptors (Lipinski definition) is 5. The van der Waals surface area contributed by atoms with Gasteiger partial charge in [-0.3, -0.25) is 4.79 Å². The van der Waals surface area contributed by atoms with Crippen LogP contribution in [0.3, 0.4) is 0 Å². The number of rotatable bonds is 7. The zero-order valence-corrected chi connectivity index (χ0v) is 14.6. The molecule has 0 aliphatic carbocycles. The number of anilines is 1. The third kappa shape index (κ3) is 4.32. The first kappa shape index (κ1) is 18.4. The molecule has 7 nitrogen and oxygen atoms in total. The maximum atomic E-state index is 12.5. The summed E-state index contributed by atoms with van der Waals surface area (Å²) in [5.41, 5.74) is 0.390. The van der Waals surface area contributed by atoms with Crippen molar-refractivity contribution in [2.75, 3.05) is 12.4 Å². The number of benzene rings is 1. The molecule has 1 aromatic heterocycles. The Morgan fingerprint density at radius 2 is 2.00 bits per heavy atom. The van der Waals surface area contributed by atoms with Crippen molar-refractivity contribution in [3.8, 4) is 11.5 Å². The number of aryl methyl sites for hydroxylation is 1. The van der Waals surface area contributed by atoms with Crippen LogP contribution in [0.5, 0.6) is 11.5 Å². The molecule has 2 rings (SSSR count). The summed E-state index contributed by atoms with van der Waals surface area (Å²) < 4.78 is 16.2. The van der Waals surface area contributed by atoms with Gasteiger partial charge in [0, 0.05) is 18.6 Å². The highest BCUT2D eigenvalue weighted by atomic mass is 16.5. The van der Waals surface area contributed by atoms with Crippen LogP contribution in [0.25, 0.3) is 0 Å². The topological polar surface area (TPSA) is 98.0 Å². The minimum atomic E-state index is -1.13. The largest absolute Gasteiger partial charge is 0.497 e. The molecule has 0 saturated heterocycles. The van der Waals surface area contributed by atoms with Gasteiger partial charge in [0.2, 0.25) is 0 Å². The van der Waals surface area contributed by atoms with E-state index in [0.717, 1.165) is 0 Å². The number of hydrogen-bond donors (Lipinski definition) is 2. The Kier molecular flexibility index (Phi) is 5.69. The van der Waals surface area contributed by atoms with E-state index in [1.807, 2.05) is 13.8 Å². The molecule has 0 unspecified atom stereocenters. The SMILES string of the molecule is CCc1oc(C(=O)Nc2cc(OC)ccc2OC(C)C)cc1C(=O)O. The predicted octanol–water partition coefficient (Wildman–Crippen LogP) is 3.59. The van der Waals surface area contributed by atoms with Gasteiger partial charge in [-0.1, -0.05) is 6.92 Å². The molecule has 0 aliphatic rings. The van der Waals surface area contributed by atoms with E-state index >= 15 is 0 Å². The van der Waals surface area contributed by atoms with E-state index in [9.17, 15) is 9.59 Å². The van der Waals surface area contributed by atoms with Crippen LogP contribution in [0.1, 0.15) is 47.4 Å². The summed E-state index contributed by atoms with van der Waals surface area (Å²) in [6.45, 7) is 5.49. The molecule has 0 atom stereocenters. The van der Waals surface area contributed by atoms with E-state index in [1.165, 1.54) is 13.2 Å². The van der Waals surface area contributed by atoms with Crippen molar-refractivity contribution in [3.05, 3.63) is 41.3 Å². The Morgan fingerprint density at radius 1 is 1.28 bits per heavy atom. The first-order chi connectivity index (χ1) is 11.8. The molecule has 0 spiro atoms. The zero-order valence-electron chi connectivity index (χ0n) is 14.6. The van der Waals surface area contributed by atoms with Crippen LogP contribution in [-0.4, -0.2) is 30.2 Å². The van der Waals surface area contributed by atoms with Gasteiger partial charge in [-0.05, 0) is 26.0 Å². The number of ether oxygens (including phenoxy) is 2. The molecule has 1 heterocycles. The van der Waals surface area contributed by atoms with Crippen molar-refractivity contribution in [3.63, 3.8) is 0 Å². The average molecular weight is 347 g/mol. The van der Waals surface area contributed by atoms with Crippen LogP contribution >= 0.6 is 0 Å². The van der Waals surface area contributed by atoms with Gasteiger partial charge in [-0.25, -0.2) is 4.79 Å². The molecule has 0 saturated carbocycles. The highest BCUT2D eigenvalue weighted by Gasteiger charge is 2.21. The molecule has 7 heteroatoms. The Morgan fingerprint density at radius 3 is 2.52 bits per heavy atom. The summed E-state index contributed by atoms with van der Waals surface area (Å²) >= 11 is 0. The second-order valence-corrected chi connectivity index (χ2v) is 5.59. The number of aromatic carboxylic acids is 1. The molecule has 2 aromatic rings. The Bertz CT molecular complexity index is 778. The molecule has 0 fully saturated rings. The van der Waals surface area contributed by atoms with Gasteiger partial charge < -0.3 is 24.3 Å². The van der Waals surface area contributed by atoms with Crippen LogP contribution in [0.15, 0.2) is 28.7 Å². The smallest absolute Gasteiger partial charge is 0.339 e. The standard InChI is InChI=1S/C18H21NO6/c1-5-14-12(18(21)22)9-16(25-14)17(20)19-13-8-11(23-4)6-7-15(13)24-10(2)3/h6-10H,5H2,1-4H3,(H,19,20)(H,21,22). The van der Waals surface area contributed by atoms with Gasteiger partial charge in [0.25, 0.3) is 5.91 Å². The van der Waals surface area contributed by atoms with E-state index in [0.29, 0.717) is 23.6 Å². The highest BCUT2D eigenvalue weighted by Crippen LogP contribution is 2.30. The van der Waals surface area contributed by atoms with Crippen LogP contribution in [0, 0.1) is 0 Å². The first-order valence-corrected chi connectivity index (χ1v) is 7.87. The lowest BCUT2D eigenvalue weighted by Crippen LogP contribution is -2.14. The Hall–Kier alpha value is -2.96. The molecule has 1 aromatic carbocycles. The molecule has 0 bridgehead atoms. The Balaban J connectivity index is 2.32. The summed E-state index contributed by atoms with van der Waals surface area (Å²) in [6.07, 6.45) is 0.286. The molecule has 134 valence electrons. The average Bonchev–Trinajstić information content (AvgIpc) is 3.00. The quantitative estimate of drug-likeness (QED) is 0.794. The number of furan rings is 1. The van der Waals surface area contributed by atoms with Gasteiger partial charge >= 0.3 is 5.97 Å². The normalized spacial score (nSPS) is 10.6. The van der Waals surface area contributed by atoms with E-state index in [1.54, 1.807) is 25.1 Å². The molecule has 0 radical (unpaired) electrons. The van der Waals surface area contributed by atoms with Crippen molar-refractivity contribution in [1.29, 1.82) is 0 Å². The molecular weight excluding hydrogens is 326 g/mol. The summed E-state index contributed by atoms with van der Waals surface area (Å²) in [7, 11) is 1.52. The maximum Gasteiger partial charge on any atom is 0.339 e. The second-order valence-electron chi connectivity index (χ2n) is 5.59. The van der Waals surface area contributed by atoms with Gasteiger partial charge in [0.1, 0.15) is 22.8 Å². The van der Waals surface area contributed by atoms with Crippen molar-refractivity contribution >= 4 is 17.6 Å². The third-order valence-corrected chi connectivity index (χ3v) is 3.38.